The fourth-order valence-electron chi connectivity index (χ4n) is 2.05. The maximum Gasteiger partial charge on any atom is 0.0558 e. The quantitative estimate of drug-likeness (QED) is 0.793. The molecule has 0 saturated heterocycles. The Labute approximate surface area is 128 Å². The molecule has 100 valence electrons. The number of benzene rings is 2. The van der Waals surface area contributed by atoms with Crippen LogP contribution in [0.5, 0.6) is 0 Å². The van der Waals surface area contributed by atoms with Crippen molar-refractivity contribution in [2.24, 2.45) is 0 Å². The number of hydrogen-bond acceptors (Lipinski definition) is 2. The smallest absolute Gasteiger partial charge is 0.0558 e. The van der Waals surface area contributed by atoms with E-state index in [-0.39, 0.29) is 6.61 Å². The number of hydrogen-bond donors (Lipinski definition) is 1. The predicted octanol–water partition coefficient (Wildman–Crippen LogP) is 3.29. The summed E-state index contributed by atoms with van der Waals surface area (Å²) in [5.41, 5.74) is 2.56. The molecule has 0 aliphatic rings. The summed E-state index contributed by atoms with van der Waals surface area (Å²) in [5.74, 6) is 0. The monoisotopic (exact) mass is 367 g/mol. The van der Waals surface area contributed by atoms with Crippen molar-refractivity contribution < 1.29 is 5.11 Å². The molecule has 2 aromatic rings. The standard InChI is InChI=1S/C16H18INO/c17-16-8-6-15(7-9-16)13-18(10-11-19)12-14-4-2-1-3-5-14/h1-9,19H,10-13H2. The number of aliphatic hydroxyl groups is 1. The maximum absolute atomic E-state index is 9.19. The van der Waals surface area contributed by atoms with Gasteiger partial charge in [0, 0.05) is 23.2 Å². The molecule has 0 unspecified atom stereocenters. The first-order valence-electron chi connectivity index (χ1n) is 6.39. The van der Waals surface area contributed by atoms with Gasteiger partial charge in [-0.15, -0.1) is 0 Å². The van der Waals surface area contributed by atoms with Crippen LogP contribution in [-0.4, -0.2) is 23.2 Å². The highest BCUT2D eigenvalue weighted by Gasteiger charge is 2.06. The highest BCUT2D eigenvalue weighted by atomic mass is 127. The van der Waals surface area contributed by atoms with Crippen LogP contribution in [0.1, 0.15) is 11.1 Å². The molecule has 3 heteroatoms. The maximum atomic E-state index is 9.19. The minimum absolute atomic E-state index is 0.192. The Morgan fingerprint density at radius 1 is 0.842 bits per heavy atom. The van der Waals surface area contributed by atoms with E-state index < -0.39 is 0 Å². The van der Waals surface area contributed by atoms with Gasteiger partial charge in [-0.3, -0.25) is 4.90 Å². The van der Waals surface area contributed by atoms with E-state index in [2.05, 4.69) is 76.0 Å². The average Bonchev–Trinajstić information content (AvgIpc) is 2.43. The van der Waals surface area contributed by atoms with Crippen molar-refractivity contribution >= 4 is 22.6 Å². The molecule has 0 aromatic heterocycles. The lowest BCUT2D eigenvalue weighted by atomic mass is 10.1. The third-order valence-corrected chi connectivity index (χ3v) is 3.70. The Morgan fingerprint density at radius 2 is 1.42 bits per heavy atom. The summed E-state index contributed by atoms with van der Waals surface area (Å²) in [6.07, 6.45) is 0. The first-order valence-corrected chi connectivity index (χ1v) is 7.47. The van der Waals surface area contributed by atoms with Gasteiger partial charge in [0.1, 0.15) is 0 Å². The van der Waals surface area contributed by atoms with E-state index >= 15 is 0 Å². The number of nitrogens with zero attached hydrogens (tertiary/aromatic N) is 1. The summed E-state index contributed by atoms with van der Waals surface area (Å²) >= 11 is 2.31. The molecule has 0 heterocycles. The molecule has 0 amide bonds. The Bertz CT molecular complexity index is 484. The molecule has 19 heavy (non-hydrogen) atoms. The second kappa shape index (κ2) is 7.62. The lowest BCUT2D eigenvalue weighted by molar-refractivity contribution is 0.184. The molecule has 2 nitrogen and oxygen atoms in total. The Hall–Kier alpha value is -0.910. The van der Waals surface area contributed by atoms with Crippen molar-refractivity contribution in [1.29, 1.82) is 0 Å². The fraction of sp³-hybridized carbons (Fsp3) is 0.250. The minimum atomic E-state index is 0.192. The highest BCUT2D eigenvalue weighted by Crippen LogP contribution is 2.12. The normalized spacial score (nSPS) is 10.9. The summed E-state index contributed by atoms with van der Waals surface area (Å²) in [5, 5.41) is 9.19. The molecular weight excluding hydrogens is 349 g/mol. The van der Waals surface area contributed by atoms with Crippen LogP contribution in [-0.2, 0) is 13.1 Å². The van der Waals surface area contributed by atoms with Gasteiger partial charge in [-0.05, 0) is 45.9 Å². The summed E-state index contributed by atoms with van der Waals surface area (Å²) in [4.78, 5) is 2.26. The molecule has 2 rings (SSSR count). The molecule has 0 saturated carbocycles. The second-order valence-electron chi connectivity index (χ2n) is 4.55. The van der Waals surface area contributed by atoms with E-state index in [0.29, 0.717) is 6.54 Å². The van der Waals surface area contributed by atoms with Gasteiger partial charge in [-0.25, -0.2) is 0 Å². The zero-order valence-corrected chi connectivity index (χ0v) is 13.0. The van der Waals surface area contributed by atoms with Crippen molar-refractivity contribution in [3.8, 4) is 0 Å². The predicted molar refractivity (Wildman–Crippen MR) is 86.8 cm³/mol. The molecule has 1 N–H and O–H groups in total. The van der Waals surface area contributed by atoms with Gasteiger partial charge in [0.25, 0.3) is 0 Å². The van der Waals surface area contributed by atoms with Crippen molar-refractivity contribution in [2.45, 2.75) is 13.1 Å². The highest BCUT2D eigenvalue weighted by molar-refractivity contribution is 14.1. The lowest BCUT2D eigenvalue weighted by Crippen LogP contribution is -2.26. The van der Waals surface area contributed by atoms with Crippen LogP contribution in [0.3, 0.4) is 0 Å². The van der Waals surface area contributed by atoms with Gasteiger partial charge in [0.05, 0.1) is 6.61 Å². The van der Waals surface area contributed by atoms with E-state index in [1.54, 1.807) is 0 Å². The van der Waals surface area contributed by atoms with Gasteiger partial charge in [-0.1, -0.05) is 42.5 Å². The van der Waals surface area contributed by atoms with Gasteiger partial charge < -0.3 is 5.11 Å². The number of aliphatic hydroxyl groups excluding tert-OH is 1. The average molecular weight is 367 g/mol. The molecule has 0 aliphatic heterocycles. The fourth-order valence-corrected chi connectivity index (χ4v) is 2.40. The van der Waals surface area contributed by atoms with Crippen LogP contribution >= 0.6 is 22.6 Å². The first kappa shape index (κ1) is 14.5. The van der Waals surface area contributed by atoms with E-state index in [1.165, 1.54) is 14.7 Å². The summed E-state index contributed by atoms with van der Waals surface area (Å²) < 4.78 is 1.25. The minimum Gasteiger partial charge on any atom is -0.395 e. The summed E-state index contributed by atoms with van der Waals surface area (Å²) in [6.45, 7) is 2.62. The summed E-state index contributed by atoms with van der Waals surface area (Å²) in [7, 11) is 0. The second-order valence-corrected chi connectivity index (χ2v) is 5.79. The third kappa shape index (κ3) is 4.93. The zero-order valence-electron chi connectivity index (χ0n) is 10.8. The molecule has 0 atom stereocenters. The Morgan fingerprint density at radius 3 is 2.00 bits per heavy atom. The third-order valence-electron chi connectivity index (χ3n) is 2.98. The van der Waals surface area contributed by atoms with Crippen molar-refractivity contribution in [3.63, 3.8) is 0 Å². The molecule has 0 fully saturated rings. The molecule has 2 aromatic carbocycles. The van der Waals surface area contributed by atoms with Crippen LogP contribution in [0, 0.1) is 3.57 Å². The Balaban J connectivity index is 2.01. The van der Waals surface area contributed by atoms with Crippen LogP contribution in [0.4, 0.5) is 0 Å². The molecule has 0 spiro atoms. The largest absolute Gasteiger partial charge is 0.395 e. The van der Waals surface area contributed by atoms with E-state index in [9.17, 15) is 5.11 Å². The van der Waals surface area contributed by atoms with Crippen molar-refractivity contribution in [1.82, 2.24) is 4.90 Å². The molecular formula is C16H18INO. The van der Waals surface area contributed by atoms with Crippen LogP contribution < -0.4 is 0 Å². The van der Waals surface area contributed by atoms with Crippen LogP contribution in [0.15, 0.2) is 54.6 Å². The molecule has 0 bridgehead atoms. The Kier molecular flexibility index (Phi) is 5.82. The van der Waals surface area contributed by atoms with Gasteiger partial charge in [0.15, 0.2) is 0 Å². The van der Waals surface area contributed by atoms with Crippen LogP contribution in [0.2, 0.25) is 0 Å². The number of rotatable bonds is 6. The topological polar surface area (TPSA) is 23.5 Å². The lowest BCUT2D eigenvalue weighted by Gasteiger charge is -2.21. The molecule has 0 radical (unpaired) electrons. The van der Waals surface area contributed by atoms with Crippen molar-refractivity contribution in [2.75, 3.05) is 13.2 Å². The zero-order chi connectivity index (χ0) is 13.5. The van der Waals surface area contributed by atoms with Crippen LogP contribution in [0.25, 0.3) is 0 Å². The van der Waals surface area contributed by atoms with Crippen molar-refractivity contribution in [3.05, 3.63) is 69.3 Å². The van der Waals surface area contributed by atoms with E-state index in [1.807, 2.05) is 6.07 Å². The van der Waals surface area contributed by atoms with E-state index in [4.69, 9.17) is 0 Å². The SMILES string of the molecule is OCCN(Cc1ccccc1)Cc1ccc(I)cc1. The van der Waals surface area contributed by atoms with Gasteiger partial charge in [0.2, 0.25) is 0 Å². The first-order chi connectivity index (χ1) is 9.28. The molecule has 0 aliphatic carbocycles. The van der Waals surface area contributed by atoms with E-state index in [0.717, 1.165) is 13.1 Å². The summed E-state index contributed by atoms with van der Waals surface area (Å²) in [6, 6.07) is 18.9. The van der Waals surface area contributed by atoms with Gasteiger partial charge >= 0.3 is 0 Å². The van der Waals surface area contributed by atoms with Gasteiger partial charge in [-0.2, -0.15) is 0 Å². The number of halogens is 1.